The van der Waals surface area contributed by atoms with Crippen molar-refractivity contribution in [3.05, 3.63) is 22.2 Å². The zero-order valence-corrected chi connectivity index (χ0v) is 11.6. The van der Waals surface area contributed by atoms with E-state index in [1.165, 1.54) is 12.1 Å². The van der Waals surface area contributed by atoms with Gasteiger partial charge in [-0.25, -0.2) is 4.98 Å². The van der Waals surface area contributed by atoms with E-state index < -0.39 is 4.92 Å². The molecule has 2 heterocycles. The van der Waals surface area contributed by atoms with E-state index in [-0.39, 0.29) is 18.2 Å². The fourth-order valence-corrected chi connectivity index (χ4v) is 2.30. The third-order valence-electron chi connectivity index (χ3n) is 3.43. The number of nitro groups is 1. The maximum absolute atomic E-state index is 11.0. The van der Waals surface area contributed by atoms with E-state index in [4.69, 9.17) is 0 Å². The van der Waals surface area contributed by atoms with Crippen LogP contribution in [-0.2, 0) is 0 Å². The molecule has 2 N–H and O–H groups in total. The molecule has 7 heteroatoms. The van der Waals surface area contributed by atoms with E-state index in [1.54, 1.807) is 0 Å². The summed E-state index contributed by atoms with van der Waals surface area (Å²) < 4.78 is 0. The summed E-state index contributed by atoms with van der Waals surface area (Å²) in [4.78, 5) is 17.0. The molecule has 1 aromatic rings. The number of rotatable bonds is 6. The highest BCUT2D eigenvalue weighted by Gasteiger charge is 2.24. The van der Waals surface area contributed by atoms with Crippen molar-refractivity contribution in [2.24, 2.45) is 5.92 Å². The van der Waals surface area contributed by atoms with Crippen molar-refractivity contribution < 1.29 is 10.0 Å². The highest BCUT2D eigenvalue weighted by atomic mass is 16.6. The van der Waals surface area contributed by atoms with Crippen LogP contribution in [0, 0.1) is 16.0 Å². The summed E-state index contributed by atoms with van der Waals surface area (Å²) in [7, 11) is 0. The minimum atomic E-state index is -0.401. The van der Waals surface area contributed by atoms with Crippen LogP contribution in [0.3, 0.4) is 0 Å². The van der Waals surface area contributed by atoms with Gasteiger partial charge in [0.15, 0.2) is 0 Å². The van der Waals surface area contributed by atoms with Crippen LogP contribution in [0.2, 0.25) is 0 Å². The van der Waals surface area contributed by atoms with E-state index in [0.717, 1.165) is 25.9 Å². The molecule has 1 aromatic heterocycles. The smallest absolute Gasteiger partial charge is 0.276 e. The van der Waals surface area contributed by atoms with E-state index in [0.29, 0.717) is 18.2 Å². The molecule has 7 nitrogen and oxygen atoms in total. The number of anilines is 2. The first kappa shape index (κ1) is 14.5. The maximum Gasteiger partial charge on any atom is 0.276 e. The molecule has 1 aliphatic heterocycles. The Morgan fingerprint density at radius 2 is 2.40 bits per heavy atom. The number of nitrogens with one attached hydrogen (secondary N) is 1. The van der Waals surface area contributed by atoms with Crippen molar-refractivity contribution in [1.29, 1.82) is 0 Å². The van der Waals surface area contributed by atoms with Crippen LogP contribution in [0.4, 0.5) is 17.3 Å². The lowest BCUT2D eigenvalue weighted by molar-refractivity contribution is -0.384. The van der Waals surface area contributed by atoms with Crippen molar-refractivity contribution in [3.63, 3.8) is 0 Å². The Kier molecular flexibility index (Phi) is 4.73. The molecular weight excluding hydrogens is 260 g/mol. The number of nitrogens with zero attached hydrogens (tertiary/aromatic N) is 3. The zero-order chi connectivity index (χ0) is 14.5. The number of aliphatic hydroxyl groups is 1. The van der Waals surface area contributed by atoms with E-state index in [2.05, 4.69) is 10.3 Å². The SMILES string of the molecule is CCCNc1cc([N+](=O)[O-])cc(N2CCC(CO)C2)n1. The molecule has 1 unspecified atom stereocenters. The normalized spacial score (nSPS) is 18.3. The number of hydrogen-bond acceptors (Lipinski definition) is 6. The van der Waals surface area contributed by atoms with Gasteiger partial charge in [-0.15, -0.1) is 0 Å². The number of aliphatic hydroxyl groups excluding tert-OH is 1. The van der Waals surface area contributed by atoms with Crippen LogP contribution in [0.5, 0.6) is 0 Å². The molecule has 0 bridgehead atoms. The summed E-state index contributed by atoms with van der Waals surface area (Å²) >= 11 is 0. The van der Waals surface area contributed by atoms with Crippen LogP contribution >= 0.6 is 0 Å². The molecule has 110 valence electrons. The topological polar surface area (TPSA) is 91.5 Å². The number of pyridine rings is 1. The highest BCUT2D eigenvalue weighted by molar-refractivity contribution is 5.56. The molecule has 0 amide bonds. The number of hydrogen-bond donors (Lipinski definition) is 2. The Balaban J connectivity index is 2.22. The third-order valence-corrected chi connectivity index (χ3v) is 3.43. The average molecular weight is 280 g/mol. The van der Waals surface area contributed by atoms with Crippen molar-refractivity contribution in [3.8, 4) is 0 Å². The Labute approximate surface area is 117 Å². The van der Waals surface area contributed by atoms with Gasteiger partial charge in [-0.1, -0.05) is 6.92 Å². The average Bonchev–Trinajstić information content (AvgIpc) is 2.93. The van der Waals surface area contributed by atoms with Crippen LogP contribution in [-0.4, -0.2) is 41.3 Å². The van der Waals surface area contributed by atoms with Gasteiger partial charge in [0.25, 0.3) is 5.69 Å². The second-order valence-electron chi connectivity index (χ2n) is 5.04. The lowest BCUT2D eigenvalue weighted by Gasteiger charge is -2.18. The first-order valence-electron chi connectivity index (χ1n) is 6.90. The van der Waals surface area contributed by atoms with Gasteiger partial charge in [0.2, 0.25) is 0 Å². The first-order valence-corrected chi connectivity index (χ1v) is 6.90. The molecule has 1 atom stereocenters. The summed E-state index contributed by atoms with van der Waals surface area (Å²) in [6.45, 7) is 4.36. The lowest BCUT2D eigenvalue weighted by Crippen LogP contribution is -2.22. The van der Waals surface area contributed by atoms with E-state index in [9.17, 15) is 15.2 Å². The third kappa shape index (κ3) is 3.36. The Morgan fingerprint density at radius 3 is 3.00 bits per heavy atom. The second kappa shape index (κ2) is 6.51. The second-order valence-corrected chi connectivity index (χ2v) is 5.04. The predicted octanol–water partition coefficient (Wildman–Crippen LogP) is 1.63. The standard InChI is InChI=1S/C13H20N4O3/c1-2-4-14-12-6-11(17(19)20)7-13(15-12)16-5-3-10(8-16)9-18/h6-7,10,18H,2-5,8-9H2,1H3,(H,14,15). The summed E-state index contributed by atoms with van der Waals surface area (Å²) in [5.74, 6) is 1.36. The fraction of sp³-hybridized carbons (Fsp3) is 0.615. The minimum absolute atomic E-state index is 0.0426. The molecule has 0 aliphatic carbocycles. The van der Waals surface area contributed by atoms with Crippen molar-refractivity contribution in [2.45, 2.75) is 19.8 Å². The van der Waals surface area contributed by atoms with E-state index >= 15 is 0 Å². The summed E-state index contributed by atoms with van der Waals surface area (Å²) in [5, 5.41) is 23.3. The molecule has 20 heavy (non-hydrogen) atoms. The zero-order valence-electron chi connectivity index (χ0n) is 11.6. The van der Waals surface area contributed by atoms with Gasteiger partial charge in [-0.05, 0) is 12.8 Å². The molecule has 1 aliphatic rings. The van der Waals surface area contributed by atoms with Crippen LogP contribution in [0.25, 0.3) is 0 Å². The van der Waals surface area contributed by atoms with Crippen molar-refractivity contribution >= 4 is 17.3 Å². The largest absolute Gasteiger partial charge is 0.396 e. The quantitative estimate of drug-likeness (QED) is 0.608. The monoisotopic (exact) mass is 280 g/mol. The van der Waals surface area contributed by atoms with E-state index in [1.807, 2.05) is 11.8 Å². The Morgan fingerprint density at radius 1 is 1.60 bits per heavy atom. The Bertz CT molecular complexity index is 481. The maximum atomic E-state index is 11.0. The van der Waals surface area contributed by atoms with Gasteiger partial charge in [-0.3, -0.25) is 10.1 Å². The molecule has 1 saturated heterocycles. The van der Waals surface area contributed by atoms with Gasteiger partial charge in [0, 0.05) is 32.2 Å². The Hall–Kier alpha value is -1.89. The molecule has 0 saturated carbocycles. The highest BCUT2D eigenvalue weighted by Crippen LogP contribution is 2.27. The molecule has 0 radical (unpaired) electrons. The minimum Gasteiger partial charge on any atom is -0.396 e. The molecule has 1 fully saturated rings. The fourth-order valence-electron chi connectivity index (χ4n) is 2.30. The van der Waals surface area contributed by atoms with Crippen molar-refractivity contribution in [1.82, 2.24) is 4.98 Å². The van der Waals surface area contributed by atoms with Gasteiger partial charge in [-0.2, -0.15) is 0 Å². The van der Waals surface area contributed by atoms with Gasteiger partial charge >= 0.3 is 0 Å². The van der Waals surface area contributed by atoms with Crippen LogP contribution < -0.4 is 10.2 Å². The van der Waals surface area contributed by atoms with Gasteiger partial charge in [0.05, 0.1) is 17.1 Å². The molecule has 2 rings (SSSR count). The number of aromatic nitrogens is 1. The summed E-state index contributed by atoms with van der Waals surface area (Å²) in [6, 6.07) is 2.95. The summed E-state index contributed by atoms with van der Waals surface area (Å²) in [6.07, 6.45) is 1.81. The van der Waals surface area contributed by atoms with Crippen molar-refractivity contribution in [2.75, 3.05) is 36.5 Å². The summed E-state index contributed by atoms with van der Waals surface area (Å²) in [5.41, 5.74) is 0.0426. The molecule has 0 aromatic carbocycles. The lowest BCUT2D eigenvalue weighted by atomic mass is 10.1. The van der Waals surface area contributed by atoms with Gasteiger partial charge in [0.1, 0.15) is 11.6 Å². The first-order chi connectivity index (χ1) is 9.63. The van der Waals surface area contributed by atoms with Gasteiger partial charge < -0.3 is 15.3 Å². The molecular formula is C13H20N4O3. The van der Waals surface area contributed by atoms with Crippen LogP contribution in [0.15, 0.2) is 12.1 Å². The van der Waals surface area contributed by atoms with Crippen LogP contribution in [0.1, 0.15) is 19.8 Å². The predicted molar refractivity (Wildman–Crippen MR) is 77.1 cm³/mol. The molecule has 0 spiro atoms.